The molecule has 1 aliphatic rings. The zero-order valence-corrected chi connectivity index (χ0v) is 20.7. The van der Waals surface area contributed by atoms with Crippen molar-refractivity contribution in [1.82, 2.24) is 9.88 Å². The van der Waals surface area contributed by atoms with Crippen molar-refractivity contribution in [3.05, 3.63) is 71.7 Å². The van der Waals surface area contributed by atoms with E-state index in [9.17, 15) is 14.3 Å². The molecule has 1 aromatic heterocycles. The number of carboxylic acid groups (broad SMARTS) is 1. The molecule has 3 aromatic rings. The predicted molar refractivity (Wildman–Crippen MR) is 136 cm³/mol. The van der Waals surface area contributed by atoms with Crippen LogP contribution in [-0.4, -0.2) is 47.7 Å². The average molecular weight is 497 g/mol. The second kappa shape index (κ2) is 12.3. The Morgan fingerprint density at radius 2 is 2.08 bits per heavy atom. The minimum atomic E-state index is -1.16. The van der Waals surface area contributed by atoms with Gasteiger partial charge in [0.25, 0.3) is 0 Å². The number of likely N-dealkylation sites (tertiary alicyclic amines) is 1. The van der Waals surface area contributed by atoms with Crippen molar-refractivity contribution < 1.29 is 23.4 Å². The summed E-state index contributed by atoms with van der Waals surface area (Å²) in [5.41, 5.74) is 2.30. The van der Waals surface area contributed by atoms with Crippen LogP contribution in [0, 0.1) is 17.7 Å². The molecule has 36 heavy (non-hydrogen) atoms. The molecule has 1 fully saturated rings. The lowest BCUT2D eigenvalue weighted by Gasteiger charge is -2.38. The maximum atomic E-state index is 15.5. The van der Waals surface area contributed by atoms with E-state index < -0.39 is 12.1 Å². The van der Waals surface area contributed by atoms with Gasteiger partial charge in [0.2, 0.25) is 0 Å². The Bertz CT molecular complexity index is 1170. The van der Waals surface area contributed by atoms with E-state index in [4.69, 9.17) is 4.74 Å². The zero-order valence-electron chi connectivity index (χ0n) is 20.7. The van der Waals surface area contributed by atoms with Crippen LogP contribution >= 0.6 is 0 Å². The number of benzene rings is 2. The molecular weight excluding hydrogens is 462 g/mol. The highest BCUT2D eigenvalue weighted by Crippen LogP contribution is 2.36. The number of carboxylic acids is 1. The molecule has 1 aliphatic heterocycles. The molecule has 2 heterocycles. The third-order valence-corrected chi connectivity index (χ3v) is 7.35. The Hall–Kier alpha value is -3.06. The maximum absolute atomic E-state index is 15.5. The second-order valence-electron chi connectivity index (χ2n) is 9.77. The smallest absolute Gasteiger partial charge is 0.303 e. The van der Waals surface area contributed by atoms with Gasteiger partial charge in [0.1, 0.15) is 17.7 Å². The Balaban J connectivity index is 1.34. The summed E-state index contributed by atoms with van der Waals surface area (Å²) < 4.78 is 34.2. The fourth-order valence-corrected chi connectivity index (χ4v) is 5.46. The molecule has 0 aliphatic carbocycles. The Morgan fingerprint density at radius 3 is 2.86 bits per heavy atom. The average Bonchev–Trinajstić information content (AvgIpc) is 2.87. The standard InChI is InChI=1S/C29H34F2N2O3/c1-36-24-8-10-28-26(18-24)25(11-13-32-28)27(31)9-7-21-12-15-33(19-22(21)17-29(34)35)14-3-5-20-4-2-6-23(30)16-20/h2,4,6,8,10-11,13,16,18,21-22,27H,3,5,7,9,12,14-15,17,19H2,1H3,(H,34,35)/t21-,22+,27+/m1/s1. The van der Waals surface area contributed by atoms with Crippen LogP contribution in [0.2, 0.25) is 0 Å². The number of alkyl halides is 1. The number of piperidine rings is 1. The lowest BCUT2D eigenvalue weighted by Crippen LogP contribution is -2.42. The summed E-state index contributed by atoms with van der Waals surface area (Å²) in [7, 11) is 1.58. The molecule has 1 N–H and O–H groups in total. The lowest BCUT2D eigenvalue weighted by molar-refractivity contribution is -0.139. The van der Waals surface area contributed by atoms with Crippen LogP contribution in [0.3, 0.4) is 0 Å². The highest BCUT2D eigenvalue weighted by molar-refractivity contribution is 5.83. The van der Waals surface area contributed by atoms with Gasteiger partial charge in [0, 0.05) is 24.5 Å². The van der Waals surface area contributed by atoms with Crippen molar-refractivity contribution in [2.24, 2.45) is 11.8 Å². The molecule has 7 heteroatoms. The van der Waals surface area contributed by atoms with Gasteiger partial charge >= 0.3 is 5.97 Å². The van der Waals surface area contributed by atoms with E-state index in [0.29, 0.717) is 30.7 Å². The Labute approximate surface area is 211 Å². The Morgan fingerprint density at radius 1 is 1.22 bits per heavy atom. The van der Waals surface area contributed by atoms with Gasteiger partial charge in [-0.05, 0) is 105 Å². The van der Waals surface area contributed by atoms with Crippen molar-refractivity contribution in [3.63, 3.8) is 0 Å². The van der Waals surface area contributed by atoms with Crippen LogP contribution in [0.4, 0.5) is 8.78 Å². The molecule has 2 aromatic carbocycles. The molecule has 0 unspecified atom stereocenters. The maximum Gasteiger partial charge on any atom is 0.303 e. The van der Waals surface area contributed by atoms with Gasteiger partial charge in [0.15, 0.2) is 0 Å². The number of aryl methyl sites for hydroxylation is 1. The fourth-order valence-electron chi connectivity index (χ4n) is 5.46. The molecule has 0 saturated carbocycles. The van der Waals surface area contributed by atoms with Crippen LogP contribution in [0.25, 0.3) is 10.9 Å². The number of aromatic nitrogens is 1. The molecule has 3 atom stereocenters. The third kappa shape index (κ3) is 6.78. The van der Waals surface area contributed by atoms with E-state index >= 15 is 4.39 Å². The van der Waals surface area contributed by atoms with Gasteiger partial charge in [-0.15, -0.1) is 0 Å². The third-order valence-electron chi connectivity index (χ3n) is 7.35. The van der Waals surface area contributed by atoms with Crippen LogP contribution in [0.15, 0.2) is 54.7 Å². The first kappa shape index (κ1) is 26.0. The van der Waals surface area contributed by atoms with Crippen LogP contribution < -0.4 is 4.74 Å². The van der Waals surface area contributed by atoms with E-state index in [0.717, 1.165) is 48.8 Å². The highest BCUT2D eigenvalue weighted by atomic mass is 19.1. The van der Waals surface area contributed by atoms with Gasteiger partial charge < -0.3 is 14.7 Å². The van der Waals surface area contributed by atoms with E-state index in [2.05, 4.69) is 9.88 Å². The number of carbonyl (C=O) groups is 1. The summed E-state index contributed by atoms with van der Waals surface area (Å²) >= 11 is 0. The number of halogens is 2. The summed E-state index contributed by atoms with van der Waals surface area (Å²) in [5, 5.41) is 10.2. The SMILES string of the molecule is COc1ccc2nccc([C@@H](F)CC[C@@H]3CCN(CCCc4cccc(F)c4)C[C@@H]3CC(=O)O)c2c1. The first-order valence-corrected chi connectivity index (χ1v) is 12.7. The van der Waals surface area contributed by atoms with Crippen molar-refractivity contribution in [2.75, 3.05) is 26.7 Å². The molecule has 0 radical (unpaired) electrons. The van der Waals surface area contributed by atoms with E-state index in [1.807, 2.05) is 24.3 Å². The van der Waals surface area contributed by atoms with Crippen molar-refractivity contribution in [3.8, 4) is 5.75 Å². The first-order valence-electron chi connectivity index (χ1n) is 12.7. The first-order chi connectivity index (χ1) is 17.4. The van der Waals surface area contributed by atoms with E-state index in [1.54, 1.807) is 31.5 Å². The molecule has 4 rings (SSSR count). The number of pyridine rings is 1. The molecule has 0 spiro atoms. The minimum Gasteiger partial charge on any atom is -0.497 e. The van der Waals surface area contributed by atoms with Gasteiger partial charge in [0.05, 0.1) is 12.6 Å². The molecule has 192 valence electrons. The van der Waals surface area contributed by atoms with Gasteiger partial charge in [-0.25, -0.2) is 8.78 Å². The molecule has 5 nitrogen and oxygen atoms in total. The molecule has 0 amide bonds. The lowest BCUT2D eigenvalue weighted by atomic mass is 9.79. The molecular formula is C29H34F2N2O3. The van der Waals surface area contributed by atoms with E-state index in [-0.39, 0.29) is 24.1 Å². The number of hydrogen-bond acceptors (Lipinski definition) is 4. The molecule has 0 bridgehead atoms. The fraction of sp³-hybridized carbons (Fsp3) is 0.448. The van der Waals surface area contributed by atoms with Crippen molar-refractivity contribution in [2.45, 2.75) is 44.7 Å². The summed E-state index contributed by atoms with van der Waals surface area (Å²) in [4.78, 5) is 18.2. The van der Waals surface area contributed by atoms with Crippen LogP contribution in [0.1, 0.15) is 49.4 Å². The summed E-state index contributed by atoms with van der Waals surface area (Å²) in [6, 6.07) is 13.9. The van der Waals surface area contributed by atoms with Gasteiger partial charge in [-0.2, -0.15) is 0 Å². The van der Waals surface area contributed by atoms with Crippen LogP contribution in [0.5, 0.6) is 5.75 Å². The highest BCUT2D eigenvalue weighted by Gasteiger charge is 2.31. The number of aliphatic carboxylic acids is 1. The number of nitrogens with zero attached hydrogens (tertiary/aromatic N) is 2. The topological polar surface area (TPSA) is 62.7 Å². The van der Waals surface area contributed by atoms with E-state index in [1.165, 1.54) is 6.07 Å². The number of methoxy groups -OCH3 is 1. The van der Waals surface area contributed by atoms with Crippen LogP contribution in [-0.2, 0) is 11.2 Å². The quantitative estimate of drug-likeness (QED) is 0.342. The number of rotatable bonds is 11. The Kier molecular flexibility index (Phi) is 8.86. The molecule has 1 saturated heterocycles. The monoisotopic (exact) mass is 496 g/mol. The summed E-state index contributed by atoms with van der Waals surface area (Å²) in [5.74, 6) is -0.209. The van der Waals surface area contributed by atoms with Gasteiger partial charge in [-0.3, -0.25) is 9.78 Å². The largest absolute Gasteiger partial charge is 0.497 e. The van der Waals surface area contributed by atoms with Gasteiger partial charge in [-0.1, -0.05) is 12.1 Å². The van der Waals surface area contributed by atoms with Crippen molar-refractivity contribution >= 4 is 16.9 Å². The number of ether oxygens (including phenoxy) is 1. The summed E-state index contributed by atoms with van der Waals surface area (Å²) in [6.45, 7) is 2.42. The zero-order chi connectivity index (χ0) is 25.5. The second-order valence-corrected chi connectivity index (χ2v) is 9.77. The van der Waals surface area contributed by atoms with Crippen molar-refractivity contribution in [1.29, 1.82) is 0 Å². The predicted octanol–water partition coefficient (Wildman–Crippen LogP) is 6.22. The number of fused-ring (bicyclic) bond motifs is 1. The summed E-state index contributed by atoms with van der Waals surface area (Å²) in [6.07, 6.45) is 4.09. The number of hydrogen-bond donors (Lipinski definition) is 1. The minimum absolute atomic E-state index is 0.00750. The normalized spacial score (nSPS) is 19.3.